The molecule has 30 heavy (non-hydrogen) atoms. The molecule has 0 fully saturated rings. The number of imidazole rings is 1. The normalized spacial score (nSPS) is 11.2. The second kappa shape index (κ2) is 8.06. The Balaban J connectivity index is 1.57. The lowest BCUT2D eigenvalue weighted by Crippen LogP contribution is -2.07. The number of carbonyl (C=O) groups excluding carboxylic acids is 1. The van der Waals surface area contributed by atoms with E-state index in [4.69, 9.17) is 4.74 Å². The minimum Gasteiger partial charge on any atom is -0.491 e. The van der Waals surface area contributed by atoms with Gasteiger partial charge < -0.3 is 9.30 Å². The minimum atomic E-state index is 0.0227. The number of benzene rings is 1. The summed E-state index contributed by atoms with van der Waals surface area (Å²) in [6, 6.07) is 11.2. The quantitative estimate of drug-likeness (QED) is 0.444. The van der Waals surface area contributed by atoms with Crippen LogP contribution in [0.2, 0.25) is 0 Å². The van der Waals surface area contributed by atoms with Gasteiger partial charge in [0.1, 0.15) is 11.6 Å². The Morgan fingerprint density at radius 1 is 1.00 bits per heavy atom. The second-order valence-electron chi connectivity index (χ2n) is 7.63. The SMILES string of the molecule is Cc1ncc(-c2cc3cc(CC(=O)c4ccc(OC(C)C)cc4)ncc3cn2)n1C. The highest BCUT2D eigenvalue weighted by Gasteiger charge is 2.11. The molecule has 6 heteroatoms. The molecule has 0 aliphatic heterocycles. The molecule has 0 aliphatic carbocycles. The van der Waals surface area contributed by atoms with Crippen molar-refractivity contribution in [3.05, 3.63) is 72.1 Å². The fourth-order valence-corrected chi connectivity index (χ4v) is 3.32. The van der Waals surface area contributed by atoms with E-state index in [0.717, 1.165) is 39.4 Å². The van der Waals surface area contributed by atoms with Gasteiger partial charge in [0.05, 0.1) is 30.1 Å². The first-order valence-electron chi connectivity index (χ1n) is 9.94. The number of pyridine rings is 2. The number of nitrogens with zero attached hydrogens (tertiary/aromatic N) is 4. The molecule has 0 bridgehead atoms. The van der Waals surface area contributed by atoms with Crippen LogP contribution in [0.3, 0.4) is 0 Å². The lowest BCUT2D eigenvalue weighted by Gasteiger charge is -2.10. The highest BCUT2D eigenvalue weighted by Crippen LogP contribution is 2.23. The standard InChI is InChI=1S/C24H24N4O2/c1-15(2)30-21-7-5-17(6-8-21)24(29)11-20-9-18-10-22(27-13-19(18)12-26-20)23-14-25-16(3)28(23)4/h5-10,12-15H,11H2,1-4H3. The number of Topliss-reactive ketones (excluding diaryl/α,β-unsaturated/α-hetero) is 1. The first-order chi connectivity index (χ1) is 14.4. The van der Waals surface area contributed by atoms with Crippen LogP contribution in [-0.2, 0) is 13.5 Å². The van der Waals surface area contributed by atoms with Gasteiger partial charge in [0.25, 0.3) is 0 Å². The molecule has 4 aromatic rings. The summed E-state index contributed by atoms with van der Waals surface area (Å²) >= 11 is 0. The molecule has 6 nitrogen and oxygen atoms in total. The fraction of sp³-hybridized carbons (Fsp3) is 0.250. The lowest BCUT2D eigenvalue weighted by atomic mass is 10.0. The third-order valence-electron chi connectivity index (χ3n) is 5.03. The van der Waals surface area contributed by atoms with Crippen molar-refractivity contribution >= 4 is 16.6 Å². The van der Waals surface area contributed by atoms with Crippen molar-refractivity contribution in [3.8, 4) is 17.1 Å². The Morgan fingerprint density at radius 3 is 2.40 bits per heavy atom. The summed E-state index contributed by atoms with van der Waals surface area (Å²) in [4.78, 5) is 26.0. The van der Waals surface area contributed by atoms with Crippen LogP contribution in [0, 0.1) is 6.92 Å². The highest BCUT2D eigenvalue weighted by molar-refractivity contribution is 5.98. The first kappa shape index (κ1) is 19.8. The molecule has 0 aliphatic rings. The van der Waals surface area contributed by atoms with Gasteiger partial charge in [0.15, 0.2) is 5.78 Å². The van der Waals surface area contributed by atoms with E-state index in [1.54, 1.807) is 24.5 Å². The van der Waals surface area contributed by atoms with Crippen LogP contribution in [-0.4, -0.2) is 31.4 Å². The summed E-state index contributed by atoms with van der Waals surface area (Å²) in [7, 11) is 1.97. The summed E-state index contributed by atoms with van der Waals surface area (Å²) in [5.41, 5.74) is 3.17. The van der Waals surface area contributed by atoms with Crippen molar-refractivity contribution in [2.24, 2.45) is 7.05 Å². The largest absolute Gasteiger partial charge is 0.491 e. The minimum absolute atomic E-state index is 0.0227. The predicted molar refractivity (Wildman–Crippen MR) is 117 cm³/mol. The molecule has 0 unspecified atom stereocenters. The smallest absolute Gasteiger partial charge is 0.168 e. The number of hydrogen-bond acceptors (Lipinski definition) is 5. The third kappa shape index (κ3) is 4.08. The molecule has 3 heterocycles. The Bertz CT molecular complexity index is 1210. The van der Waals surface area contributed by atoms with Crippen LogP contribution in [0.25, 0.3) is 22.2 Å². The van der Waals surface area contributed by atoms with Crippen molar-refractivity contribution in [2.75, 3.05) is 0 Å². The van der Waals surface area contributed by atoms with E-state index in [0.29, 0.717) is 5.56 Å². The molecule has 0 radical (unpaired) electrons. The molecule has 0 amide bonds. The summed E-state index contributed by atoms with van der Waals surface area (Å²) in [6.45, 7) is 5.90. The molecular weight excluding hydrogens is 376 g/mol. The summed E-state index contributed by atoms with van der Waals surface area (Å²) in [5, 5.41) is 1.93. The van der Waals surface area contributed by atoms with Crippen LogP contribution >= 0.6 is 0 Å². The van der Waals surface area contributed by atoms with Crippen LogP contribution < -0.4 is 4.74 Å². The lowest BCUT2D eigenvalue weighted by molar-refractivity contribution is 0.0992. The van der Waals surface area contributed by atoms with Crippen LogP contribution in [0.1, 0.15) is 35.7 Å². The first-order valence-corrected chi connectivity index (χ1v) is 9.94. The molecule has 3 aromatic heterocycles. The number of aromatic nitrogens is 4. The summed E-state index contributed by atoms with van der Waals surface area (Å²) < 4.78 is 7.64. The van der Waals surface area contributed by atoms with Crippen molar-refractivity contribution in [2.45, 2.75) is 33.3 Å². The maximum absolute atomic E-state index is 12.7. The van der Waals surface area contributed by atoms with Gasteiger partial charge >= 0.3 is 0 Å². The van der Waals surface area contributed by atoms with Gasteiger partial charge in [-0.3, -0.25) is 14.8 Å². The molecule has 0 saturated carbocycles. The second-order valence-corrected chi connectivity index (χ2v) is 7.63. The maximum atomic E-state index is 12.7. The Hall–Kier alpha value is -3.54. The number of ketones is 1. The van der Waals surface area contributed by atoms with Crippen LogP contribution in [0.5, 0.6) is 5.75 Å². The zero-order valence-corrected chi connectivity index (χ0v) is 17.6. The highest BCUT2D eigenvalue weighted by atomic mass is 16.5. The van der Waals surface area contributed by atoms with Gasteiger partial charge in [-0.1, -0.05) is 0 Å². The molecule has 152 valence electrons. The summed E-state index contributed by atoms with van der Waals surface area (Å²) in [6.07, 6.45) is 5.73. The molecule has 0 atom stereocenters. The molecule has 4 rings (SSSR count). The van der Waals surface area contributed by atoms with Crippen molar-refractivity contribution < 1.29 is 9.53 Å². The van der Waals surface area contributed by atoms with E-state index in [-0.39, 0.29) is 18.3 Å². The zero-order valence-electron chi connectivity index (χ0n) is 17.6. The van der Waals surface area contributed by atoms with Crippen molar-refractivity contribution in [3.63, 3.8) is 0 Å². The van der Waals surface area contributed by atoms with Crippen molar-refractivity contribution in [1.29, 1.82) is 0 Å². The molecule has 0 saturated heterocycles. The maximum Gasteiger partial charge on any atom is 0.168 e. The Kier molecular flexibility index (Phi) is 5.31. The van der Waals surface area contributed by atoms with Crippen LogP contribution in [0.15, 0.2) is 55.0 Å². The van der Waals surface area contributed by atoms with Gasteiger partial charge in [0, 0.05) is 36.1 Å². The van der Waals surface area contributed by atoms with Gasteiger partial charge in [-0.05, 0) is 62.6 Å². The number of rotatable bonds is 6. The molecular formula is C24H24N4O2. The molecule has 0 spiro atoms. The number of aryl methyl sites for hydroxylation is 1. The van der Waals surface area contributed by atoms with E-state index in [9.17, 15) is 4.79 Å². The van der Waals surface area contributed by atoms with E-state index < -0.39 is 0 Å². The number of ether oxygens (including phenoxy) is 1. The zero-order chi connectivity index (χ0) is 21.3. The van der Waals surface area contributed by atoms with Gasteiger partial charge in [-0.2, -0.15) is 0 Å². The third-order valence-corrected chi connectivity index (χ3v) is 5.03. The monoisotopic (exact) mass is 400 g/mol. The van der Waals surface area contributed by atoms with E-state index in [2.05, 4.69) is 15.0 Å². The summed E-state index contributed by atoms with van der Waals surface area (Å²) in [5.74, 6) is 1.71. The molecule has 0 N–H and O–H groups in total. The van der Waals surface area contributed by atoms with Gasteiger partial charge in [0.2, 0.25) is 0 Å². The number of fused-ring (bicyclic) bond motifs is 1. The van der Waals surface area contributed by atoms with Crippen molar-refractivity contribution in [1.82, 2.24) is 19.5 Å². The molecule has 1 aromatic carbocycles. The fourth-order valence-electron chi connectivity index (χ4n) is 3.32. The van der Waals surface area contributed by atoms with Crippen LogP contribution in [0.4, 0.5) is 0 Å². The Morgan fingerprint density at radius 2 is 1.73 bits per heavy atom. The predicted octanol–water partition coefficient (Wildman–Crippen LogP) is 4.55. The average Bonchev–Trinajstić information content (AvgIpc) is 3.06. The number of carbonyl (C=O) groups is 1. The van der Waals surface area contributed by atoms with Gasteiger partial charge in [-0.15, -0.1) is 0 Å². The van der Waals surface area contributed by atoms with E-state index in [1.807, 2.05) is 62.8 Å². The van der Waals surface area contributed by atoms with E-state index >= 15 is 0 Å². The van der Waals surface area contributed by atoms with E-state index in [1.165, 1.54) is 0 Å². The Labute approximate surface area is 175 Å². The number of hydrogen-bond donors (Lipinski definition) is 0. The average molecular weight is 400 g/mol. The topological polar surface area (TPSA) is 69.9 Å². The van der Waals surface area contributed by atoms with Gasteiger partial charge in [-0.25, -0.2) is 4.98 Å².